The Morgan fingerprint density at radius 3 is 2.88 bits per heavy atom. The van der Waals surface area contributed by atoms with E-state index in [0.29, 0.717) is 0 Å². The normalized spacial score (nSPS) is 12.6. The highest BCUT2D eigenvalue weighted by atomic mass is 32.1. The van der Waals surface area contributed by atoms with E-state index in [0.717, 1.165) is 22.7 Å². The molecule has 1 aromatic carbocycles. The average Bonchev–Trinajstić information content (AvgIpc) is 2.72. The van der Waals surface area contributed by atoms with Gasteiger partial charge in [0, 0.05) is 23.5 Å². The van der Waals surface area contributed by atoms with Crippen molar-refractivity contribution in [2.75, 3.05) is 7.05 Å². The van der Waals surface area contributed by atoms with Crippen LogP contribution in [0.1, 0.15) is 22.3 Å². The third-order valence-electron chi connectivity index (χ3n) is 2.64. The van der Waals surface area contributed by atoms with Gasteiger partial charge < -0.3 is 5.32 Å². The zero-order valence-corrected chi connectivity index (χ0v) is 10.7. The molecule has 0 aliphatic carbocycles. The molecule has 1 atom stereocenters. The molecule has 1 heterocycles. The monoisotopic (exact) mass is 250 g/mol. The van der Waals surface area contributed by atoms with Gasteiger partial charge in [-0.2, -0.15) is 0 Å². The topological polar surface area (TPSA) is 24.9 Å². The van der Waals surface area contributed by atoms with E-state index in [2.05, 4.69) is 10.3 Å². The summed E-state index contributed by atoms with van der Waals surface area (Å²) in [4.78, 5) is 4.43. The minimum absolute atomic E-state index is 0.108. The number of halogens is 1. The lowest BCUT2D eigenvalue weighted by Crippen LogP contribution is -2.18. The zero-order valence-electron chi connectivity index (χ0n) is 9.90. The summed E-state index contributed by atoms with van der Waals surface area (Å²) in [5.74, 6) is -0.196. The zero-order chi connectivity index (χ0) is 12.3. The van der Waals surface area contributed by atoms with Crippen molar-refractivity contribution >= 4 is 11.3 Å². The lowest BCUT2D eigenvalue weighted by Gasteiger charge is -2.15. The molecule has 90 valence electrons. The SMILES string of the molecule is CNC(Cc1nc(C)cs1)c1cccc(F)c1. The number of thiazole rings is 1. The smallest absolute Gasteiger partial charge is 0.123 e. The van der Waals surface area contributed by atoms with Gasteiger partial charge in [-0.1, -0.05) is 12.1 Å². The summed E-state index contributed by atoms with van der Waals surface area (Å²) in [5.41, 5.74) is 2.00. The van der Waals surface area contributed by atoms with Crippen molar-refractivity contribution in [2.45, 2.75) is 19.4 Å². The second-order valence-corrected chi connectivity index (χ2v) is 4.93. The molecular weight excluding hydrogens is 235 g/mol. The Balaban J connectivity index is 2.16. The van der Waals surface area contributed by atoms with Crippen LogP contribution in [0, 0.1) is 12.7 Å². The molecule has 1 unspecified atom stereocenters. The second-order valence-electron chi connectivity index (χ2n) is 3.98. The van der Waals surface area contributed by atoms with E-state index < -0.39 is 0 Å². The van der Waals surface area contributed by atoms with Crippen molar-refractivity contribution in [2.24, 2.45) is 0 Å². The maximum atomic E-state index is 13.2. The molecule has 0 radical (unpaired) electrons. The van der Waals surface area contributed by atoms with Crippen LogP contribution in [0.2, 0.25) is 0 Å². The summed E-state index contributed by atoms with van der Waals surface area (Å²) >= 11 is 1.65. The van der Waals surface area contributed by atoms with Gasteiger partial charge in [0.25, 0.3) is 0 Å². The lowest BCUT2D eigenvalue weighted by molar-refractivity contribution is 0.576. The number of aromatic nitrogens is 1. The Labute approximate surface area is 105 Å². The fraction of sp³-hybridized carbons (Fsp3) is 0.308. The van der Waals surface area contributed by atoms with E-state index in [4.69, 9.17) is 0 Å². The Morgan fingerprint density at radius 2 is 2.29 bits per heavy atom. The van der Waals surface area contributed by atoms with Crippen molar-refractivity contribution in [1.29, 1.82) is 0 Å². The molecule has 0 amide bonds. The van der Waals surface area contributed by atoms with Crippen molar-refractivity contribution in [3.63, 3.8) is 0 Å². The molecule has 2 rings (SSSR count). The van der Waals surface area contributed by atoms with Gasteiger partial charge in [0.1, 0.15) is 5.82 Å². The maximum Gasteiger partial charge on any atom is 0.123 e. The van der Waals surface area contributed by atoms with Crippen LogP contribution in [0.4, 0.5) is 4.39 Å². The number of nitrogens with one attached hydrogen (secondary N) is 1. The van der Waals surface area contributed by atoms with Crippen LogP contribution in [0.25, 0.3) is 0 Å². The lowest BCUT2D eigenvalue weighted by atomic mass is 10.0. The number of nitrogens with zero attached hydrogens (tertiary/aromatic N) is 1. The predicted molar refractivity (Wildman–Crippen MR) is 68.8 cm³/mol. The molecule has 2 nitrogen and oxygen atoms in total. The highest BCUT2D eigenvalue weighted by Crippen LogP contribution is 2.21. The fourth-order valence-electron chi connectivity index (χ4n) is 1.78. The van der Waals surface area contributed by atoms with Crippen molar-refractivity contribution in [3.05, 3.63) is 51.7 Å². The molecule has 4 heteroatoms. The average molecular weight is 250 g/mol. The molecule has 0 aliphatic heterocycles. The van der Waals surface area contributed by atoms with E-state index in [1.807, 2.05) is 25.4 Å². The molecule has 1 N–H and O–H groups in total. The highest BCUT2D eigenvalue weighted by molar-refractivity contribution is 7.09. The van der Waals surface area contributed by atoms with E-state index in [1.54, 1.807) is 23.5 Å². The van der Waals surface area contributed by atoms with Crippen LogP contribution in [-0.4, -0.2) is 12.0 Å². The number of hydrogen-bond acceptors (Lipinski definition) is 3. The molecule has 0 saturated carbocycles. The van der Waals surface area contributed by atoms with E-state index in [-0.39, 0.29) is 11.9 Å². The number of benzene rings is 1. The molecule has 0 bridgehead atoms. The van der Waals surface area contributed by atoms with Gasteiger partial charge in [0.2, 0.25) is 0 Å². The molecule has 0 aliphatic rings. The molecular formula is C13H15FN2S. The van der Waals surface area contributed by atoms with Crippen LogP contribution in [0.3, 0.4) is 0 Å². The van der Waals surface area contributed by atoms with Gasteiger partial charge >= 0.3 is 0 Å². The van der Waals surface area contributed by atoms with Gasteiger partial charge in [-0.05, 0) is 31.7 Å². The van der Waals surface area contributed by atoms with Crippen molar-refractivity contribution in [1.82, 2.24) is 10.3 Å². The van der Waals surface area contributed by atoms with Gasteiger partial charge in [-0.3, -0.25) is 0 Å². The van der Waals surface area contributed by atoms with Gasteiger partial charge in [0.15, 0.2) is 0 Å². The van der Waals surface area contributed by atoms with Gasteiger partial charge in [0.05, 0.1) is 5.01 Å². The summed E-state index contributed by atoms with van der Waals surface area (Å²) in [7, 11) is 1.88. The highest BCUT2D eigenvalue weighted by Gasteiger charge is 2.12. The third kappa shape index (κ3) is 3.11. The predicted octanol–water partition coefficient (Wildman–Crippen LogP) is 3.09. The van der Waals surface area contributed by atoms with E-state index in [9.17, 15) is 4.39 Å². The largest absolute Gasteiger partial charge is 0.313 e. The molecule has 0 fully saturated rings. The number of rotatable bonds is 4. The van der Waals surface area contributed by atoms with Crippen molar-refractivity contribution < 1.29 is 4.39 Å². The summed E-state index contributed by atoms with van der Waals surface area (Å²) in [5, 5.41) is 6.31. The molecule has 0 saturated heterocycles. The van der Waals surface area contributed by atoms with Crippen LogP contribution in [0.5, 0.6) is 0 Å². The standard InChI is InChI=1S/C13H15FN2S/c1-9-8-17-13(16-9)7-12(15-2)10-4-3-5-11(14)6-10/h3-6,8,12,15H,7H2,1-2H3. The first kappa shape index (κ1) is 12.2. The molecule has 1 aromatic heterocycles. The molecule has 17 heavy (non-hydrogen) atoms. The Bertz CT molecular complexity index is 496. The van der Waals surface area contributed by atoms with Crippen LogP contribution < -0.4 is 5.32 Å². The van der Waals surface area contributed by atoms with Gasteiger partial charge in [-0.15, -0.1) is 11.3 Å². The van der Waals surface area contributed by atoms with E-state index >= 15 is 0 Å². The summed E-state index contributed by atoms with van der Waals surface area (Å²) < 4.78 is 13.2. The number of hydrogen-bond donors (Lipinski definition) is 1. The number of aryl methyl sites for hydroxylation is 1. The van der Waals surface area contributed by atoms with Gasteiger partial charge in [-0.25, -0.2) is 9.37 Å². The minimum atomic E-state index is -0.196. The van der Waals surface area contributed by atoms with Crippen molar-refractivity contribution in [3.8, 4) is 0 Å². The van der Waals surface area contributed by atoms with E-state index in [1.165, 1.54) is 6.07 Å². The molecule has 2 aromatic rings. The van der Waals surface area contributed by atoms with Crippen LogP contribution in [0.15, 0.2) is 29.6 Å². The summed E-state index contributed by atoms with van der Waals surface area (Å²) in [6.45, 7) is 1.98. The Morgan fingerprint density at radius 1 is 1.47 bits per heavy atom. The second kappa shape index (κ2) is 5.38. The first-order valence-corrected chi connectivity index (χ1v) is 6.40. The summed E-state index contributed by atoms with van der Waals surface area (Å²) in [6.07, 6.45) is 0.790. The van der Waals surface area contributed by atoms with Crippen LogP contribution in [-0.2, 0) is 6.42 Å². The first-order valence-electron chi connectivity index (χ1n) is 5.53. The third-order valence-corrected chi connectivity index (χ3v) is 3.63. The minimum Gasteiger partial charge on any atom is -0.313 e. The fourth-order valence-corrected chi connectivity index (χ4v) is 2.60. The van der Waals surface area contributed by atoms with Crippen LogP contribution >= 0.6 is 11.3 Å². The summed E-state index contributed by atoms with van der Waals surface area (Å²) in [6, 6.07) is 6.81. The maximum absolute atomic E-state index is 13.2. The molecule has 0 spiro atoms. The first-order chi connectivity index (χ1) is 8.19. The quantitative estimate of drug-likeness (QED) is 0.902. The Hall–Kier alpha value is -1.26. The number of likely N-dealkylation sites (N-methyl/N-ethyl adjacent to an activating group) is 1. The Kier molecular flexibility index (Phi) is 3.86.